The highest BCUT2D eigenvalue weighted by molar-refractivity contribution is 7.91. The third-order valence-corrected chi connectivity index (χ3v) is 5.74. The number of aryl methyl sites for hydroxylation is 1. The number of thiazole rings is 1. The fourth-order valence-corrected chi connectivity index (χ4v) is 4.28. The summed E-state index contributed by atoms with van der Waals surface area (Å²) < 4.78 is 26.5. The van der Waals surface area contributed by atoms with Gasteiger partial charge in [-0.1, -0.05) is 11.3 Å². The van der Waals surface area contributed by atoms with Crippen LogP contribution < -0.4 is 14.9 Å². The Balaban J connectivity index is 2.08. The van der Waals surface area contributed by atoms with Gasteiger partial charge in [0.15, 0.2) is 4.21 Å². The van der Waals surface area contributed by atoms with Crippen LogP contribution in [0.4, 0.5) is 0 Å². The number of nitrogens with one attached hydrogen (secondary N) is 3. The largest absolute Gasteiger partial charge is 0.315 e. The first-order valence-electron chi connectivity index (χ1n) is 5.42. The number of aromatic nitrogens is 1. The second-order valence-electron chi connectivity index (χ2n) is 4.07. The highest BCUT2D eigenvalue weighted by Gasteiger charge is 2.22. The van der Waals surface area contributed by atoms with E-state index in [0.29, 0.717) is 12.2 Å². The van der Waals surface area contributed by atoms with Crippen LogP contribution in [0.5, 0.6) is 0 Å². The molecule has 0 amide bonds. The van der Waals surface area contributed by atoms with E-state index < -0.39 is 10.0 Å². The van der Waals surface area contributed by atoms with Gasteiger partial charge in [0.2, 0.25) is 0 Å². The molecule has 2 heterocycles. The Kier molecular flexibility index (Phi) is 3.67. The molecule has 1 unspecified atom stereocenters. The van der Waals surface area contributed by atoms with Crippen molar-refractivity contribution in [3.8, 4) is 0 Å². The zero-order valence-corrected chi connectivity index (χ0v) is 11.1. The van der Waals surface area contributed by atoms with Crippen molar-refractivity contribution in [2.75, 3.05) is 13.1 Å². The number of aromatic amines is 1. The van der Waals surface area contributed by atoms with Crippen LogP contribution in [0.2, 0.25) is 0 Å². The van der Waals surface area contributed by atoms with Gasteiger partial charge >= 0.3 is 4.87 Å². The lowest BCUT2D eigenvalue weighted by molar-refractivity contribution is 0.552. The molecule has 1 fully saturated rings. The number of hydrogen-bond donors (Lipinski definition) is 3. The number of sulfonamides is 1. The summed E-state index contributed by atoms with van der Waals surface area (Å²) in [5.74, 6) is 0. The first kappa shape index (κ1) is 12.7. The average Bonchev–Trinajstić information content (AvgIpc) is 2.85. The smallest absolute Gasteiger partial charge is 0.305 e. The maximum atomic E-state index is 11.9. The molecule has 1 aliphatic rings. The van der Waals surface area contributed by atoms with E-state index in [-0.39, 0.29) is 15.1 Å². The normalized spacial score (nSPS) is 20.9. The van der Waals surface area contributed by atoms with Gasteiger partial charge in [0.1, 0.15) is 0 Å². The molecule has 0 aromatic carbocycles. The molecule has 1 aromatic rings. The van der Waals surface area contributed by atoms with Crippen molar-refractivity contribution in [1.82, 2.24) is 15.0 Å². The summed E-state index contributed by atoms with van der Waals surface area (Å²) in [6, 6.07) is 0.195. The topological polar surface area (TPSA) is 91.1 Å². The number of hydrogen-bond acceptors (Lipinski definition) is 5. The summed E-state index contributed by atoms with van der Waals surface area (Å²) in [7, 11) is -3.56. The van der Waals surface area contributed by atoms with Gasteiger partial charge in [-0.15, -0.1) is 0 Å². The number of rotatable bonds is 4. The third kappa shape index (κ3) is 2.95. The van der Waals surface area contributed by atoms with Crippen LogP contribution in [0.3, 0.4) is 0 Å². The van der Waals surface area contributed by atoms with Gasteiger partial charge in [-0.2, -0.15) is 0 Å². The van der Waals surface area contributed by atoms with E-state index in [1.807, 2.05) is 0 Å². The van der Waals surface area contributed by atoms with Crippen molar-refractivity contribution >= 4 is 21.4 Å². The molecule has 1 aromatic heterocycles. The van der Waals surface area contributed by atoms with Gasteiger partial charge in [0.05, 0.1) is 0 Å². The lowest BCUT2D eigenvalue weighted by Gasteiger charge is -2.11. The molecule has 1 aliphatic heterocycles. The Bertz CT molecular complexity index is 540. The first-order chi connectivity index (χ1) is 7.99. The van der Waals surface area contributed by atoms with Crippen molar-refractivity contribution in [3.05, 3.63) is 15.4 Å². The zero-order chi connectivity index (χ0) is 12.5. The van der Waals surface area contributed by atoms with Crippen LogP contribution in [-0.2, 0) is 10.0 Å². The van der Waals surface area contributed by atoms with Gasteiger partial charge in [0.25, 0.3) is 10.0 Å². The van der Waals surface area contributed by atoms with Crippen molar-refractivity contribution in [1.29, 1.82) is 0 Å². The first-order valence-corrected chi connectivity index (χ1v) is 7.72. The molecule has 0 saturated carbocycles. The van der Waals surface area contributed by atoms with Crippen LogP contribution >= 0.6 is 11.3 Å². The molecule has 3 N–H and O–H groups in total. The molecule has 1 saturated heterocycles. The minimum absolute atomic E-state index is 0.0838. The monoisotopic (exact) mass is 277 g/mol. The zero-order valence-electron chi connectivity index (χ0n) is 9.45. The van der Waals surface area contributed by atoms with Gasteiger partial charge in [-0.05, 0) is 26.3 Å². The third-order valence-electron chi connectivity index (χ3n) is 2.71. The highest BCUT2D eigenvalue weighted by atomic mass is 32.2. The molecule has 0 spiro atoms. The molecule has 0 aliphatic carbocycles. The summed E-state index contributed by atoms with van der Waals surface area (Å²) in [6.07, 6.45) is 2.05. The van der Waals surface area contributed by atoms with Crippen LogP contribution in [-0.4, -0.2) is 32.5 Å². The van der Waals surface area contributed by atoms with Gasteiger partial charge in [0, 0.05) is 18.3 Å². The molecule has 8 heteroatoms. The minimum atomic E-state index is -3.56. The van der Waals surface area contributed by atoms with Crippen molar-refractivity contribution < 1.29 is 8.42 Å². The molecule has 0 bridgehead atoms. The predicted molar refractivity (Wildman–Crippen MR) is 65.9 cm³/mol. The lowest BCUT2D eigenvalue weighted by atomic mass is 10.2. The van der Waals surface area contributed by atoms with Crippen molar-refractivity contribution in [2.45, 2.75) is 30.0 Å². The Morgan fingerprint density at radius 3 is 2.82 bits per heavy atom. The van der Waals surface area contributed by atoms with Gasteiger partial charge in [-0.3, -0.25) is 4.79 Å². The second kappa shape index (κ2) is 4.89. The van der Waals surface area contributed by atoms with Crippen molar-refractivity contribution in [3.63, 3.8) is 0 Å². The molecule has 96 valence electrons. The molecule has 17 heavy (non-hydrogen) atoms. The average molecular weight is 277 g/mol. The minimum Gasteiger partial charge on any atom is -0.315 e. The Morgan fingerprint density at radius 1 is 1.53 bits per heavy atom. The SMILES string of the molecule is Cc1[nH]c(=O)sc1S(=O)(=O)NCC1CCCN1. The molecule has 2 rings (SSSR count). The quantitative estimate of drug-likeness (QED) is 0.709. The fraction of sp³-hybridized carbons (Fsp3) is 0.667. The maximum Gasteiger partial charge on any atom is 0.305 e. The molecule has 0 radical (unpaired) electrons. The number of H-pyrrole nitrogens is 1. The Hall–Kier alpha value is -0.700. The second-order valence-corrected chi connectivity index (χ2v) is 7.02. The van der Waals surface area contributed by atoms with Crippen LogP contribution in [0, 0.1) is 6.92 Å². The fourth-order valence-electron chi connectivity index (χ4n) is 1.85. The molecule has 1 atom stereocenters. The van der Waals surface area contributed by atoms with Gasteiger partial charge in [-0.25, -0.2) is 13.1 Å². The summed E-state index contributed by atoms with van der Waals surface area (Å²) in [6.45, 7) is 2.89. The Labute approximate surface area is 103 Å². The highest BCUT2D eigenvalue weighted by Crippen LogP contribution is 2.15. The van der Waals surface area contributed by atoms with Crippen LogP contribution in [0.15, 0.2) is 9.00 Å². The summed E-state index contributed by atoms with van der Waals surface area (Å²) in [4.78, 5) is 13.2. The predicted octanol–water partition coefficient (Wildman–Crippen LogP) is -0.225. The van der Waals surface area contributed by atoms with E-state index in [9.17, 15) is 13.2 Å². The van der Waals surface area contributed by atoms with Crippen LogP contribution in [0.25, 0.3) is 0 Å². The van der Waals surface area contributed by atoms with E-state index in [1.54, 1.807) is 6.92 Å². The van der Waals surface area contributed by atoms with E-state index in [2.05, 4.69) is 15.0 Å². The summed E-state index contributed by atoms with van der Waals surface area (Å²) >= 11 is 0.722. The van der Waals surface area contributed by atoms with E-state index >= 15 is 0 Å². The van der Waals surface area contributed by atoms with Gasteiger partial charge < -0.3 is 10.3 Å². The maximum absolute atomic E-state index is 11.9. The molecular formula is C9H15N3O3S2. The lowest BCUT2D eigenvalue weighted by Crippen LogP contribution is -2.37. The Morgan fingerprint density at radius 2 is 2.29 bits per heavy atom. The molecule has 6 nitrogen and oxygen atoms in total. The van der Waals surface area contributed by atoms with E-state index in [1.165, 1.54) is 0 Å². The summed E-state index contributed by atoms with van der Waals surface area (Å²) in [5, 5.41) is 3.21. The summed E-state index contributed by atoms with van der Waals surface area (Å²) in [5.41, 5.74) is 0.395. The molecular weight excluding hydrogens is 262 g/mol. The van der Waals surface area contributed by atoms with E-state index in [4.69, 9.17) is 0 Å². The van der Waals surface area contributed by atoms with Crippen molar-refractivity contribution in [2.24, 2.45) is 0 Å². The standard InChI is InChI=1S/C9H15N3O3S2/c1-6-8(16-9(13)12-6)17(14,15)11-5-7-3-2-4-10-7/h7,10-11H,2-5H2,1H3,(H,12,13). The van der Waals surface area contributed by atoms with Crippen LogP contribution in [0.1, 0.15) is 18.5 Å². The van der Waals surface area contributed by atoms with E-state index in [0.717, 1.165) is 30.7 Å².